The van der Waals surface area contributed by atoms with Crippen LogP contribution < -0.4 is 4.74 Å². The molecular formula is C30H30N2O6. The Bertz CT molecular complexity index is 1330. The maximum Gasteiger partial charge on any atom is 0.338 e. The molecule has 1 atom stereocenters. The molecule has 0 radical (unpaired) electrons. The quantitative estimate of drug-likeness (QED) is 0.187. The molecule has 3 aromatic rings. The zero-order valence-electron chi connectivity index (χ0n) is 21.6. The van der Waals surface area contributed by atoms with Crippen molar-refractivity contribution in [2.24, 2.45) is 5.92 Å². The van der Waals surface area contributed by atoms with Gasteiger partial charge in [-0.25, -0.2) is 4.79 Å². The van der Waals surface area contributed by atoms with E-state index in [0.717, 1.165) is 0 Å². The minimum Gasteiger partial charge on any atom is -0.507 e. The van der Waals surface area contributed by atoms with Gasteiger partial charge in [0.1, 0.15) is 17.6 Å². The number of hydrogen-bond donors (Lipinski definition) is 1. The lowest BCUT2D eigenvalue weighted by molar-refractivity contribution is -0.140. The molecular weight excluding hydrogens is 484 g/mol. The topological polar surface area (TPSA) is 106 Å². The van der Waals surface area contributed by atoms with Gasteiger partial charge in [0.15, 0.2) is 0 Å². The highest BCUT2D eigenvalue weighted by molar-refractivity contribution is 6.46. The van der Waals surface area contributed by atoms with E-state index in [4.69, 9.17) is 9.47 Å². The van der Waals surface area contributed by atoms with Gasteiger partial charge < -0.3 is 19.5 Å². The van der Waals surface area contributed by atoms with Crippen LogP contribution in [0, 0.1) is 5.92 Å². The number of benzene rings is 2. The molecule has 196 valence electrons. The number of ketones is 1. The van der Waals surface area contributed by atoms with Crippen LogP contribution >= 0.6 is 0 Å². The Labute approximate surface area is 221 Å². The van der Waals surface area contributed by atoms with Crippen molar-refractivity contribution in [3.05, 3.63) is 101 Å². The predicted molar refractivity (Wildman–Crippen MR) is 141 cm³/mol. The van der Waals surface area contributed by atoms with Gasteiger partial charge in [0.25, 0.3) is 11.7 Å². The first-order valence-electron chi connectivity index (χ1n) is 12.5. The first-order valence-corrected chi connectivity index (χ1v) is 12.5. The lowest BCUT2D eigenvalue weighted by Gasteiger charge is -2.24. The number of aromatic nitrogens is 1. The van der Waals surface area contributed by atoms with Crippen LogP contribution in [-0.2, 0) is 20.9 Å². The van der Waals surface area contributed by atoms with E-state index in [0.29, 0.717) is 40.7 Å². The van der Waals surface area contributed by atoms with E-state index < -0.39 is 23.7 Å². The summed E-state index contributed by atoms with van der Waals surface area (Å²) in [7, 11) is 0. The summed E-state index contributed by atoms with van der Waals surface area (Å²) in [5.74, 6) is -1.25. The zero-order chi connectivity index (χ0) is 27.2. The number of nitrogens with zero attached hydrogens (tertiary/aromatic N) is 2. The molecule has 0 bridgehead atoms. The van der Waals surface area contributed by atoms with Crippen molar-refractivity contribution in [3.63, 3.8) is 0 Å². The highest BCUT2D eigenvalue weighted by atomic mass is 16.5. The number of aliphatic hydroxyl groups excluding tert-OH is 1. The fourth-order valence-electron chi connectivity index (χ4n) is 4.17. The van der Waals surface area contributed by atoms with Crippen LogP contribution in [0.4, 0.5) is 0 Å². The van der Waals surface area contributed by atoms with Gasteiger partial charge in [-0.05, 0) is 66.9 Å². The van der Waals surface area contributed by atoms with Gasteiger partial charge >= 0.3 is 5.97 Å². The third-order valence-electron chi connectivity index (χ3n) is 6.04. The highest BCUT2D eigenvalue weighted by Crippen LogP contribution is 2.39. The largest absolute Gasteiger partial charge is 0.507 e. The number of amides is 1. The van der Waals surface area contributed by atoms with E-state index in [1.807, 2.05) is 13.8 Å². The molecule has 8 nitrogen and oxygen atoms in total. The van der Waals surface area contributed by atoms with Gasteiger partial charge in [-0.2, -0.15) is 0 Å². The first kappa shape index (κ1) is 26.6. The minimum atomic E-state index is -0.891. The summed E-state index contributed by atoms with van der Waals surface area (Å²) in [4.78, 5) is 44.2. The monoisotopic (exact) mass is 514 g/mol. The maximum absolute atomic E-state index is 13.2. The van der Waals surface area contributed by atoms with Crippen molar-refractivity contribution < 1.29 is 29.0 Å². The minimum absolute atomic E-state index is 0.0345. The second kappa shape index (κ2) is 11.7. The molecule has 1 saturated heterocycles. The van der Waals surface area contributed by atoms with Gasteiger partial charge in [0.2, 0.25) is 0 Å². The second-order valence-corrected chi connectivity index (χ2v) is 9.33. The average molecular weight is 515 g/mol. The molecule has 1 unspecified atom stereocenters. The van der Waals surface area contributed by atoms with E-state index in [9.17, 15) is 19.5 Å². The number of hydrogen-bond acceptors (Lipinski definition) is 7. The van der Waals surface area contributed by atoms with Gasteiger partial charge in [-0.3, -0.25) is 14.6 Å². The highest BCUT2D eigenvalue weighted by Gasteiger charge is 2.46. The van der Waals surface area contributed by atoms with Crippen molar-refractivity contribution in [1.82, 2.24) is 9.88 Å². The van der Waals surface area contributed by atoms with Crippen LogP contribution in [0.2, 0.25) is 0 Å². The number of esters is 1. The van der Waals surface area contributed by atoms with Crippen molar-refractivity contribution in [3.8, 4) is 5.75 Å². The van der Waals surface area contributed by atoms with Gasteiger partial charge in [-0.1, -0.05) is 32.0 Å². The van der Waals surface area contributed by atoms with Crippen LogP contribution in [0.15, 0.2) is 78.5 Å². The summed E-state index contributed by atoms with van der Waals surface area (Å²) < 4.78 is 10.7. The van der Waals surface area contributed by atoms with Crippen LogP contribution in [0.1, 0.15) is 54.0 Å². The molecule has 1 aliphatic heterocycles. The summed E-state index contributed by atoms with van der Waals surface area (Å²) in [6.45, 7) is 6.72. The molecule has 1 aromatic heterocycles. The van der Waals surface area contributed by atoms with E-state index in [1.165, 1.54) is 4.90 Å². The summed E-state index contributed by atoms with van der Waals surface area (Å²) in [6, 6.07) is 17.7. The van der Waals surface area contributed by atoms with Crippen molar-refractivity contribution in [1.29, 1.82) is 0 Å². The molecule has 1 fully saturated rings. The first-order chi connectivity index (χ1) is 18.3. The molecule has 0 spiro atoms. The number of carbonyl (C=O) groups excluding carboxylic acids is 3. The molecule has 4 rings (SSSR count). The van der Waals surface area contributed by atoms with E-state index in [1.54, 1.807) is 79.9 Å². The number of rotatable bonds is 9. The van der Waals surface area contributed by atoms with Crippen LogP contribution in [0.3, 0.4) is 0 Å². The zero-order valence-corrected chi connectivity index (χ0v) is 21.6. The summed E-state index contributed by atoms with van der Waals surface area (Å²) in [5.41, 5.74) is 1.90. The SMILES string of the molecule is CCOC(=O)c1ccc(CN2C(=O)C(=O)/C(=C(/O)c3ccc(OCC(C)C)cc3)C2c2ccccn2)cc1. The Morgan fingerprint density at radius 2 is 1.68 bits per heavy atom. The Hall–Kier alpha value is -4.46. The number of aliphatic hydroxyl groups is 1. The molecule has 8 heteroatoms. The fourth-order valence-corrected chi connectivity index (χ4v) is 4.17. The number of carbonyl (C=O) groups is 3. The molecule has 0 saturated carbocycles. The van der Waals surface area contributed by atoms with Crippen LogP contribution in [0.5, 0.6) is 5.75 Å². The van der Waals surface area contributed by atoms with E-state index >= 15 is 0 Å². The van der Waals surface area contributed by atoms with Gasteiger partial charge in [0.05, 0.1) is 30.0 Å². The maximum atomic E-state index is 13.2. The standard InChI is InChI=1S/C30H30N2O6/c1-4-37-30(36)22-10-8-20(9-11-22)17-32-26(24-7-5-6-16-31-24)25(28(34)29(32)35)27(33)21-12-14-23(15-13-21)38-18-19(2)3/h5-16,19,26,33H,4,17-18H2,1-3H3/b27-25+. The lowest BCUT2D eigenvalue weighted by Crippen LogP contribution is -2.29. The molecule has 2 heterocycles. The molecule has 1 aliphatic rings. The third-order valence-corrected chi connectivity index (χ3v) is 6.04. The molecule has 0 aliphatic carbocycles. The van der Waals surface area contributed by atoms with E-state index in [2.05, 4.69) is 4.98 Å². The summed E-state index contributed by atoms with van der Waals surface area (Å²) in [6.07, 6.45) is 1.57. The Kier molecular flexibility index (Phi) is 8.21. The Morgan fingerprint density at radius 3 is 2.29 bits per heavy atom. The van der Waals surface area contributed by atoms with E-state index in [-0.39, 0.29) is 24.5 Å². The van der Waals surface area contributed by atoms with Crippen LogP contribution in [0.25, 0.3) is 5.76 Å². The number of Topliss-reactive ketones (excluding diaryl/α,β-unsaturated/α-hetero) is 1. The molecule has 1 N–H and O–H groups in total. The predicted octanol–water partition coefficient (Wildman–Crippen LogP) is 4.92. The number of pyridine rings is 1. The Balaban J connectivity index is 1.68. The smallest absolute Gasteiger partial charge is 0.338 e. The van der Waals surface area contributed by atoms with Crippen molar-refractivity contribution in [2.75, 3.05) is 13.2 Å². The lowest BCUT2D eigenvalue weighted by atomic mass is 9.98. The average Bonchev–Trinajstić information content (AvgIpc) is 3.17. The summed E-state index contributed by atoms with van der Waals surface area (Å²) >= 11 is 0. The van der Waals surface area contributed by atoms with Gasteiger partial charge in [-0.15, -0.1) is 0 Å². The molecule has 2 aromatic carbocycles. The second-order valence-electron chi connectivity index (χ2n) is 9.33. The molecule has 38 heavy (non-hydrogen) atoms. The van der Waals surface area contributed by atoms with Crippen molar-refractivity contribution in [2.45, 2.75) is 33.4 Å². The fraction of sp³-hybridized carbons (Fsp3) is 0.267. The normalized spacial score (nSPS) is 16.6. The third kappa shape index (κ3) is 5.75. The van der Waals surface area contributed by atoms with Crippen LogP contribution in [-0.4, -0.2) is 45.9 Å². The molecule has 1 amide bonds. The van der Waals surface area contributed by atoms with Crippen molar-refractivity contribution >= 4 is 23.4 Å². The summed E-state index contributed by atoms with van der Waals surface area (Å²) in [5, 5.41) is 11.2. The van der Waals surface area contributed by atoms with Gasteiger partial charge in [0, 0.05) is 18.3 Å². The number of ether oxygens (including phenoxy) is 2. The Morgan fingerprint density at radius 1 is 1.00 bits per heavy atom. The number of likely N-dealkylation sites (tertiary alicyclic amines) is 1.